The van der Waals surface area contributed by atoms with Gasteiger partial charge in [-0.25, -0.2) is 18.0 Å². The molecule has 3 heterocycles. The number of halogens is 4. The summed E-state index contributed by atoms with van der Waals surface area (Å²) >= 11 is 6.17. The van der Waals surface area contributed by atoms with E-state index in [2.05, 4.69) is 5.32 Å². The molecule has 28 heteroatoms. The Kier molecular flexibility index (Phi) is 34.5. The third-order valence-corrected chi connectivity index (χ3v) is 23.7. The zero-order chi connectivity index (χ0) is 89.4. The Bertz CT molecular complexity index is 5500. The molecule has 0 saturated carbocycles. The summed E-state index contributed by atoms with van der Waals surface area (Å²) in [6, 6.07) is 48.5. The van der Waals surface area contributed by atoms with Crippen molar-refractivity contribution in [3.8, 4) is 0 Å². The van der Waals surface area contributed by atoms with Gasteiger partial charge in [-0.2, -0.15) is 0 Å². The Morgan fingerprint density at radius 2 is 0.855 bits per heavy atom. The number of aliphatic hydroxyl groups is 3. The van der Waals surface area contributed by atoms with E-state index < -0.39 is 92.2 Å². The number of para-hydroxylation sites is 1. The van der Waals surface area contributed by atoms with Crippen LogP contribution in [0.25, 0.3) is 51.7 Å². The Morgan fingerprint density at radius 3 is 1.21 bits per heavy atom. The van der Waals surface area contributed by atoms with Crippen LogP contribution < -0.4 is 5.32 Å². The maximum atomic E-state index is 14.1. The highest BCUT2D eigenvalue weighted by Crippen LogP contribution is 2.47. The van der Waals surface area contributed by atoms with Crippen LogP contribution in [0, 0.1) is 24.4 Å². The smallest absolute Gasteiger partial charge is 0.340 e. The summed E-state index contributed by atoms with van der Waals surface area (Å²) in [6.45, 7) is 19.3. The van der Waals surface area contributed by atoms with Gasteiger partial charge >= 0.3 is 23.9 Å². The first-order valence-electron chi connectivity index (χ1n) is 39.4. The molecule has 0 radical (unpaired) electrons. The number of aliphatic hydroxyl groups excluding tert-OH is 3. The molecule has 8 aromatic carbocycles. The fraction of sp³-hybridized carbons (Fsp3) is 0.333. The largest absolute Gasteiger partial charge is 0.481 e. The molecule has 3 aliphatic heterocycles. The molecule has 0 aromatic heterocycles. The predicted octanol–water partition coefficient (Wildman–Crippen LogP) is 18.0. The molecular weight excluding hydrogens is 1680 g/mol. The third-order valence-electron chi connectivity index (χ3n) is 20.5. The van der Waals surface area contributed by atoms with Crippen molar-refractivity contribution in [2.45, 2.75) is 152 Å². The first kappa shape index (κ1) is 97.9. The lowest BCUT2D eigenvalue weighted by Crippen LogP contribution is -2.25. The lowest BCUT2D eigenvalue weighted by Gasteiger charge is -2.17. The van der Waals surface area contributed by atoms with Gasteiger partial charge in [0, 0.05) is 76.6 Å². The molecule has 0 bridgehead atoms. The van der Waals surface area contributed by atoms with Crippen LogP contribution in [0.2, 0.25) is 5.02 Å². The number of allylic oxidation sites excluding steroid dienone is 6. The highest BCUT2D eigenvalue weighted by molar-refractivity contribution is 7.84. The number of ether oxygens (including phenoxy) is 9. The van der Waals surface area contributed by atoms with E-state index in [-0.39, 0.29) is 83.1 Å². The van der Waals surface area contributed by atoms with Crippen LogP contribution in [0.1, 0.15) is 155 Å². The fourth-order valence-corrected chi connectivity index (χ4v) is 15.9. The number of carbonyl (C=O) groups is 4. The van der Waals surface area contributed by atoms with Gasteiger partial charge in [0.15, 0.2) is 17.4 Å². The monoisotopic (exact) mass is 1780 g/mol. The van der Waals surface area contributed by atoms with Crippen LogP contribution in [0.3, 0.4) is 0 Å². The van der Waals surface area contributed by atoms with Gasteiger partial charge in [-0.05, 0) is 290 Å². The number of fused-ring (bicyclic) bond motifs is 3. The molecule has 5 N–H and O–H groups in total. The Hall–Kier alpha value is -9.95. The number of anilines is 2. The summed E-state index contributed by atoms with van der Waals surface area (Å²) in [5, 5.41) is 39.9. The van der Waals surface area contributed by atoms with Crippen molar-refractivity contribution in [1.29, 1.82) is 0 Å². The van der Waals surface area contributed by atoms with Crippen LogP contribution in [-0.4, -0.2) is 170 Å². The van der Waals surface area contributed by atoms with Gasteiger partial charge in [-0.3, -0.25) is 27.0 Å². The van der Waals surface area contributed by atoms with E-state index in [1.54, 1.807) is 73.4 Å². The molecule has 8 aromatic rings. The van der Waals surface area contributed by atoms with E-state index >= 15 is 0 Å². The number of hydrogen-bond acceptors (Lipinski definition) is 20. The number of rotatable bonds is 23. The highest BCUT2D eigenvalue weighted by Gasteiger charge is 2.37. The molecule has 0 spiro atoms. The maximum Gasteiger partial charge on any atom is 0.340 e. The van der Waals surface area contributed by atoms with Gasteiger partial charge in [0.2, 0.25) is 0 Å². The predicted molar refractivity (Wildman–Crippen MR) is 478 cm³/mol. The minimum atomic E-state index is -1.13. The Labute approximate surface area is 734 Å². The second-order valence-electron chi connectivity index (χ2n) is 31.0. The van der Waals surface area contributed by atoms with Gasteiger partial charge in [-0.15, -0.1) is 0 Å². The summed E-state index contributed by atoms with van der Waals surface area (Å²) in [7, 11) is -3.15. The van der Waals surface area contributed by atoms with E-state index in [4.69, 9.17) is 69.6 Å². The molecule has 3 fully saturated rings. The lowest BCUT2D eigenvalue weighted by atomic mass is 10.0. The molecule has 124 heavy (non-hydrogen) atoms. The molecule has 3 saturated heterocycles. The molecule has 660 valence electrons. The van der Waals surface area contributed by atoms with Crippen LogP contribution in [-0.2, 0) is 89.4 Å². The second-order valence-corrected chi connectivity index (χ2v) is 35.5. The minimum Gasteiger partial charge on any atom is -0.481 e. The first-order valence-corrected chi connectivity index (χ1v) is 44.5. The van der Waals surface area contributed by atoms with Gasteiger partial charge in [0.1, 0.15) is 61.7 Å². The standard InChI is InChI=1S/C26H27FO5S.C23H23FO5S.C20H22ClNO4.C20H17FO3S.C6H12O3.CH4/c1-16-22(11-17-5-8-20(9-6-17)33(4)29)21-10-7-18(27)12-24(21)23(16)13-25(28)30-14-19-15-31-26(2,3)32-19;1-14-20(9-15-3-6-18(7-4-15)30(2)28)19-8-5-16(24)10-22(19)21(14)11-23(27)29-13-17(26)12-25;1-13-16(21)8-6-10-17(13)22-18-9-5-4-7-15(18)19(23)24-11-14-12-25-20(2,3)26-14;1-12-17(9-13-3-6-15(7-4-13)25(2)24)16-8-5-14(21)10-19(16)18(12)11-20(22)23;1-6(2)8-4-5(3-7)9-6;/h5-12,19H,13-15H2,1-4H3;3-10,17,25-26H,11-13H2,1-2H3;4-10,14,22H,11-12H2,1-3H3;3-10H,11H2,1-2H3,(H,22,23);5,7H,3-4H2,1-2H3;1H4/b22-11-;20-9-;;17-9-;;. The average Bonchev–Trinajstić information content (AvgIpc) is 1.64. The SMILES string of the molecule is C.CC1(C)OCC(CO)O1.CC1=C(CC(=O)O)c2cc(F)ccc2/C1=C\c1ccc(S(C)=O)cc1.CC1=C(CC(=O)OCC(O)CO)c2cc(F)ccc2/C1=C\c1ccc(S(C)=O)cc1.CC1=C(CC(=O)OCC2COC(C)(C)O2)c2cc(F)ccc2/C1=C\c1ccc(S(C)=O)cc1.Cc1c(Cl)cccc1Nc1ccccc1C(=O)OCC1COC(C)(C)O1. The van der Waals surface area contributed by atoms with Crippen molar-refractivity contribution in [3.63, 3.8) is 0 Å². The molecule has 14 rings (SSSR count). The molecule has 6 aliphatic rings. The zero-order valence-electron chi connectivity index (χ0n) is 70.5. The van der Waals surface area contributed by atoms with Gasteiger partial charge in [0.25, 0.3) is 0 Å². The van der Waals surface area contributed by atoms with Crippen molar-refractivity contribution in [2.75, 3.05) is 76.9 Å². The van der Waals surface area contributed by atoms with Gasteiger partial charge < -0.3 is 68.4 Å². The van der Waals surface area contributed by atoms with Crippen LogP contribution in [0.4, 0.5) is 24.5 Å². The molecular formula is C96H105ClF3NO20S3. The molecule has 7 unspecified atom stereocenters. The topological polar surface area (TPSA) is 296 Å². The summed E-state index contributed by atoms with van der Waals surface area (Å²) in [5.41, 5.74) is 17.4. The van der Waals surface area contributed by atoms with E-state index in [9.17, 15) is 50.1 Å². The van der Waals surface area contributed by atoms with E-state index in [0.29, 0.717) is 63.9 Å². The normalized spacial score (nSPS) is 19.2. The summed E-state index contributed by atoms with van der Waals surface area (Å²) in [4.78, 5) is 50.8. The Balaban J connectivity index is 0.000000181. The second kappa shape index (κ2) is 43.8. The summed E-state index contributed by atoms with van der Waals surface area (Å²) in [5.74, 6) is -5.28. The molecule has 7 atom stereocenters. The summed E-state index contributed by atoms with van der Waals surface area (Å²) in [6.07, 6.45) is 8.77. The molecule has 0 amide bonds. The first-order chi connectivity index (χ1) is 58.3. The molecule has 3 aliphatic carbocycles. The number of aliphatic carboxylic acids is 1. The van der Waals surface area contributed by atoms with Crippen molar-refractivity contribution >= 4 is 131 Å². The fourth-order valence-electron chi connectivity index (χ4n) is 14.1. The lowest BCUT2D eigenvalue weighted by molar-refractivity contribution is -0.157. The maximum absolute atomic E-state index is 14.1. The number of carbonyl (C=O) groups excluding carboxylic acids is 3. The number of hydrogen-bond donors (Lipinski definition) is 5. The molecule has 21 nitrogen and oxygen atoms in total. The van der Waals surface area contributed by atoms with Crippen LogP contribution >= 0.6 is 11.6 Å². The van der Waals surface area contributed by atoms with Crippen molar-refractivity contribution in [2.24, 2.45) is 0 Å². The number of esters is 3. The average molecular weight is 1780 g/mol. The third kappa shape index (κ3) is 26.6. The van der Waals surface area contributed by atoms with Gasteiger partial charge in [-0.1, -0.05) is 91.8 Å². The number of nitrogens with one attached hydrogen (secondary N) is 1. The van der Waals surface area contributed by atoms with E-state index in [1.807, 2.05) is 166 Å². The van der Waals surface area contributed by atoms with E-state index in [1.165, 1.54) is 36.4 Å². The number of benzene rings is 8. The van der Waals surface area contributed by atoms with Crippen LogP contribution in [0.15, 0.2) is 201 Å². The van der Waals surface area contributed by atoms with Crippen molar-refractivity contribution < 1.29 is 108 Å². The van der Waals surface area contributed by atoms with Crippen LogP contribution in [0.5, 0.6) is 0 Å². The van der Waals surface area contributed by atoms with Gasteiger partial charge in [0.05, 0.1) is 63.5 Å². The zero-order valence-corrected chi connectivity index (χ0v) is 73.7. The highest BCUT2D eigenvalue weighted by atomic mass is 35.5. The number of carboxylic acid groups (broad SMARTS) is 1. The Morgan fingerprint density at radius 1 is 0.492 bits per heavy atom. The van der Waals surface area contributed by atoms with E-state index in [0.717, 1.165) is 98.3 Å². The van der Waals surface area contributed by atoms with Crippen molar-refractivity contribution in [1.82, 2.24) is 0 Å². The summed E-state index contributed by atoms with van der Waals surface area (Å²) < 4.78 is 125. The quantitative estimate of drug-likeness (QED) is 0.0294. The number of carboxylic acids is 1. The van der Waals surface area contributed by atoms with Crippen molar-refractivity contribution in [3.05, 3.63) is 270 Å². The minimum absolute atomic E-state index is 0.